The maximum atomic E-state index is 12.5. The molecule has 0 amide bonds. The third kappa shape index (κ3) is 3.45. The summed E-state index contributed by atoms with van der Waals surface area (Å²) in [6.45, 7) is 4.98. The van der Waals surface area contributed by atoms with E-state index >= 15 is 0 Å². The highest BCUT2D eigenvalue weighted by molar-refractivity contribution is 5.96. The van der Waals surface area contributed by atoms with Crippen LogP contribution in [-0.4, -0.2) is 35.5 Å². The van der Waals surface area contributed by atoms with Crippen LogP contribution >= 0.6 is 0 Å². The lowest BCUT2D eigenvalue weighted by Gasteiger charge is -2.28. The molecule has 1 unspecified atom stereocenters. The second-order valence-corrected chi connectivity index (χ2v) is 6.07. The Morgan fingerprint density at radius 3 is 2.68 bits per heavy atom. The van der Waals surface area contributed by atoms with Gasteiger partial charge in [0.05, 0.1) is 0 Å². The number of aromatic nitrogens is 1. The lowest BCUT2D eigenvalue weighted by Crippen LogP contribution is -2.35. The molecule has 1 aliphatic heterocycles. The number of carbonyl (C=O) groups excluding carboxylic acids is 1. The summed E-state index contributed by atoms with van der Waals surface area (Å²) in [5.41, 5.74) is 1.68. The molecule has 1 aromatic heterocycles. The Bertz CT molecular complexity index is 615. The second-order valence-electron chi connectivity index (χ2n) is 6.07. The molecule has 1 atom stereocenters. The zero-order chi connectivity index (χ0) is 15.4. The average Bonchev–Trinajstić information content (AvgIpc) is 3.06. The van der Waals surface area contributed by atoms with E-state index in [-0.39, 0.29) is 11.7 Å². The van der Waals surface area contributed by atoms with E-state index in [1.54, 1.807) is 6.07 Å². The van der Waals surface area contributed by atoms with Gasteiger partial charge in [-0.15, -0.1) is 0 Å². The maximum absolute atomic E-state index is 12.5. The van der Waals surface area contributed by atoms with E-state index in [1.807, 2.05) is 37.3 Å². The quantitative estimate of drug-likeness (QED) is 0.791. The van der Waals surface area contributed by atoms with Crippen molar-refractivity contribution >= 4 is 5.78 Å². The van der Waals surface area contributed by atoms with Crippen molar-refractivity contribution in [2.24, 2.45) is 5.92 Å². The fourth-order valence-corrected chi connectivity index (χ4v) is 2.99. The lowest BCUT2D eigenvalue weighted by atomic mass is 10.0. The molecule has 0 saturated carbocycles. The first kappa shape index (κ1) is 15.0. The Balaban J connectivity index is 1.66. The minimum absolute atomic E-state index is 0.0419. The summed E-state index contributed by atoms with van der Waals surface area (Å²) in [5.74, 6) is 0.346. The van der Waals surface area contributed by atoms with Crippen molar-refractivity contribution in [3.8, 4) is 11.3 Å². The van der Waals surface area contributed by atoms with Gasteiger partial charge in [0.1, 0.15) is 5.69 Å². The molecule has 1 saturated heterocycles. The number of carbonyl (C=O) groups is 1. The van der Waals surface area contributed by atoms with Crippen molar-refractivity contribution in [3.05, 3.63) is 42.2 Å². The minimum atomic E-state index is -0.0605. The van der Waals surface area contributed by atoms with E-state index in [0.717, 1.165) is 25.2 Å². The summed E-state index contributed by atoms with van der Waals surface area (Å²) in [6, 6.07) is 11.5. The monoisotopic (exact) mass is 298 g/mol. The first-order valence-corrected chi connectivity index (χ1v) is 8.03. The van der Waals surface area contributed by atoms with Crippen molar-refractivity contribution in [1.82, 2.24) is 10.1 Å². The number of likely N-dealkylation sites (tertiary alicyclic amines) is 1. The molecule has 0 N–H and O–H groups in total. The van der Waals surface area contributed by atoms with Gasteiger partial charge in [0.15, 0.2) is 0 Å². The third-order valence-electron chi connectivity index (χ3n) is 4.25. The first-order chi connectivity index (χ1) is 10.7. The molecule has 22 heavy (non-hydrogen) atoms. The van der Waals surface area contributed by atoms with Crippen LogP contribution in [0.3, 0.4) is 0 Å². The lowest BCUT2D eigenvalue weighted by molar-refractivity contribution is 0.0846. The molecule has 2 heterocycles. The standard InChI is InChI=1S/C18H22N2O2/c1-14(13-20-10-6-3-7-11-20)18(21)17-12-16(19-22-17)15-8-4-2-5-9-15/h2,4-5,8-9,12,14H,3,6-7,10-11,13H2,1H3. The number of ketones is 1. The fraction of sp³-hybridized carbons (Fsp3) is 0.444. The van der Waals surface area contributed by atoms with Crippen molar-refractivity contribution in [2.45, 2.75) is 26.2 Å². The molecule has 0 bridgehead atoms. The van der Waals surface area contributed by atoms with E-state index in [4.69, 9.17) is 4.52 Å². The van der Waals surface area contributed by atoms with Gasteiger partial charge < -0.3 is 9.42 Å². The molecule has 116 valence electrons. The summed E-state index contributed by atoms with van der Waals surface area (Å²) < 4.78 is 5.27. The summed E-state index contributed by atoms with van der Waals surface area (Å²) in [7, 11) is 0. The van der Waals surface area contributed by atoms with Gasteiger partial charge in [0.2, 0.25) is 11.5 Å². The van der Waals surface area contributed by atoms with Crippen LogP contribution in [0.1, 0.15) is 36.7 Å². The topological polar surface area (TPSA) is 46.3 Å². The first-order valence-electron chi connectivity index (χ1n) is 8.03. The van der Waals surface area contributed by atoms with Crippen LogP contribution in [0.5, 0.6) is 0 Å². The van der Waals surface area contributed by atoms with E-state index in [0.29, 0.717) is 11.5 Å². The van der Waals surface area contributed by atoms with E-state index < -0.39 is 0 Å². The number of benzene rings is 1. The number of hydrogen-bond acceptors (Lipinski definition) is 4. The van der Waals surface area contributed by atoms with Gasteiger partial charge >= 0.3 is 0 Å². The van der Waals surface area contributed by atoms with E-state index in [9.17, 15) is 4.79 Å². The molecular formula is C18H22N2O2. The van der Waals surface area contributed by atoms with Gasteiger partial charge in [0, 0.05) is 24.1 Å². The predicted octanol–water partition coefficient (Wildman–Crippen LogP) is 3.65. The van der Waals surface area contributed by atoms with Crippen molar-refractivity contribution < 1.29 is 9.32 Å². The zero-order valence-electron chi connectivity index (χ0n) is 13.0. The highest BCUT2D eigenvalue weighted by Gasteiger charge is 2.23. The Labute approximate surface area is 131 Å². The maximum Gasteiger partial charge on any atom is 0.204 e. The highest BCUT2D eigenvalue weighted by Crippen LogP contribution is 2.21. The van der Waals surface area contributed by atoms with Crippen LogP contribution in [0.15, 0.2) is 40.9 Å². The summed E-state index contributed by atoms with van der Waals surface area (Å²) in [6.07, 6.45) is 3.78. The normalized spacial score (nSPS) is 17.3. The van der Waals surface area contributed by atoms with Crippen LogP contribution in [0.25, 0.3) is 11.3 Å². The molecule has 0 spiro atoms. The molecule has 0 aliphatic carbocycles. The average molecular weight is 298 g/mol. The third-order valence-corrected chi connectivity index (χ3v) is 4.25. The highest BCUT2D eigenvalue weighted by atomic mass is 16.5. The number of Topliss-reactive ketones (excluding diaryl/α,β-unsaturated/α-hetero) is 1. The summed E-state index contributed by atoms with van der Waals surface area (Å²) in [5, 5.41) is 4.03. The fourth-order valence-electron chi connectivity index (χ4n) is 2.99. The molecule has 1 aromatic carbocycles. The van der Waals surface area contributed by atoms with E-state index in [1.165, 1.54) is 19.3 Å². The molecular weight excluding hydrogens is 276 g/mol. The minimum Gasteiger partial charge on any atom is -0.352 e. The van der Waals surface area contributed by atoms with Crippen molar-refractivity contribution in [2.75, 3.05) is 19.6 Å². The smallest absolute Gasteiger partial charge is 0.204 e. The summed E-state index contributed by atoms with van der Waals surface area (Å²) in [4.78, 5) is 14.9. The SMILES string of the molecule is CC(CN1CCCCC1)C(=O)c1cc(-c2ccccc2)no1. The van der Waals surface area contributed by atoms with Crippen LogP contribution in [-0.2, 0) is 0 Å². The van der Waals surface area contributed by atoms with Crippen LogP contribution in [0.2, 0.25) is 0 Å². The zero-order valence-corrected chi connectivity index (χ0v) is 13.0. The Kier molecular flexibility index (Phi) is 4.68. The van der Waals surface area contributed by atoms with Crippen molar-refractivity contribution in [1.29, 1.82) is 0 Å². The van der Waals surface area contributed by atoms with E-state index in [2.05, 4.69) is 10.1 Å². The Hall–Kier alpha value is -1.94. The van der Waals surface area contributed by atoms with Gasteiger partial charge in [-0.25, -0.2) is 0 Å². The van der Waals surface area contributed by atoms with Crippen LogP contribution in [0, 0.1) is 5.92 Å². The molecule has 1 fully saturated rings. The molecule has 2 aromatic rings. The second kappa shape index (κ2) is 6.88. The number of hydrogen-bond donors (Lipinski definition) is 0. The van der Waals surface area contributed by atoms with Gasteiger partial charge in [0.25, 0.3) is 0 Å². The molecule has 4 nitrogen and oxygen atoms in total. The largest absolute Gasteiger partial charge is 0.352 e. The van der Waals surface area contributed by atoms with Gasteiger partial charge in [-0.2, -0.15) is 0 Å². The Morgan fingerprint density at radius 1 is 1.23 bits per heavy atom. The molecule has 0 radical (unpaired) electrons. The Morgan fingerprint density at radius 2 is 1.95 bits per heavy atom. The number of nitrogens with zero attached hydrogens (tertiary/aromatic N) is 2. The number of rotatable bonds is 5. The molecule has 3 rings (SSSR count). The van der Waals surface area contributed by atoms with Crippen LogP contribution < -0.4 is 0 Å². The molecule has 4 heteroatoms. The molecule has 1 aliphatic rings. The van der Waals surface area contributed by atoms with Gasteiger partial charge in [-0.05, 0) is 25.9 Å². The van der Waals surface area contributed by atoms with Crippen molar-refractivity contribution in [3.63, 3.8) is 0 Å². The number of piperidine rings is 1. The summed E-state index contributed by atoms with van der Waals surface area (Å²) >= 11 is 0. The van der Waals surface area contributed by atoms with Gasteiger partial charge in [-0.1, -0.05) is 48.8 Å². The van der Waals surface area contributed by atoms with Crippen LogP contribution in [0.4, 0.5) is 0 Å². The predicted molar refractivity (Wildman–Crippen MR) is 85.7 cm³/mol. The van der Waals surface area contributed by atoms with Gasteiger partial charge in [-0.3, -0.25) is 4.79 Å².